The number of anilines is 1. The molecule has 154 valence electrons. The Kier molecular flexibility index (Phi) is 5.82. The highest BCUT2D eigenvalue weighted by Crippen LogP contribution is 2.31. The van der Waals surface area contributed by atoms with Gasteiger partial charge in [-0.3, -0.25) is 14.9 Å². The Balaban J connectivity index is 1.88. The maximum atomic E-state index is 12.2. The molecule has 0 aliphatic carbocycles. The molecule has 1 aromatic heterocycles. The van der Waals surface area contributed by atoms with Crippen molar-refractivity contribution >= 4 is 23.5 Å². The maximum Gasteiger partial charge on any atom is 0.273 e. The van der Waals surface area contributed by atoms with Crippen LogP contribution in [0, 0.1) is 24.0 Å². The van der Waals surface area contributed by atoms with Crippen molar-refractivity contribution in [2.45, 2.75) is 13.8 Å². The van der Waals surface area contributed by atoms with Crippen molar-refractivity contribution in [3.63, 3.8) is 0 Å². The number of ether oxygens (including phenoxy) is 1. The lowest BCUT2D eigenvalue weighted by molar-refractivity contribution is -0.384. The zero-order valence-corrected chi connectivity index (χ0v) is 16.7. The second kappa shape index (κ2) is 8.48. The molecular weight excluding hydrogens is 386 g/mol. The average molecular weight is 407 g/mol. The van der Waals surface area contributed by atoms with Gasteiger partial charge < -0.3 is 15.0 Å². The molecule has 0 atom stereocenters. The summed E-state index contributed by atoms with van der Waals surface area (Å²) in [5, 5.41) is 15.1. The predicted octanol–water partition coefficient (Wildman–Crippen LogP) is 3.36. The van der Waals surface area contributed by atoms with Gasteiger partial charge >= 0.3 is 0 Å². The van der Waals surface area contributed by atoms with E-state index in [1.54, 1.807) is 30.3 Å². The number of nitrogens with zero attached hydrogens (tertiary/aromatic N) is 3. The summed E-state index contributed by atoms with van der Waals surface area (Å²) in [4.78, 5) is 22.8. The van der Waals surface area contributed by atoms with Crippen LogP contribution in [0.3, 0.4) is 0 Å². The van der Waals surface area contributed by atoms with Crippen molar-refractivity contribution in [1.82, 2.24) is 9.99 Å². The second-order valence-corrected chi connectivity index (χ2v) is 6.56. The number of benzene rings is 2. The number of nitrogen functional groups attached to an aromatic ring is 1. The van der Waals surface area contributed by atoms with Crippen LogP contribution in [0.4, 0.5) is 11.4 Å². The normalized spacial score (nSPS) is 10.9. The first-order valence-electron chi connectivity index (χ1n) is 9.03. The van der Waals surface area contributed by atoms with E-state index in [1.807, 2.05) is 24.5 Å². The number of para-hydroxylation sites is 1. The average Bonchev–Trinajstić information content (AvgIpc) is 3.00. The summed E-state index contributed by atoms with van der Waals surface area (Å²) in [5.41, 5.74) is 12.1. The van der Waals surface area contributed by atoms with E-state index in [4.69, 9.17) is 10.5 Å². The number of methoxy groups -OCH3 is 1. The van der Waals surface area contributed by atoms with E-state index in [9.17, 15) is 14.9 Å². The van der Waals surface area contributed by atoms with Gasteiger partial charge in [-0.05, 0) is 38.1 Å². The number of hydrogen-bond acceptors (Lipinski definition) is 6. The van der Waals surface area contributed by atoms with Crippen molar-refractivity contribution in [3.8, 4) is 11.4 Å². The molecule has 1 heterocycles. The summed E-state index contributed by atoms with van der Waals surface area (Å²) >= 11 is 0. The number of nitrogens with one attached hydrogen (secondary N) is 1. The number of nitro benzene ring substituents is 1. The van der Waals surface area contributed by atoms with Gasteiger partial charge in [0.15, 0.2) is 0 Å². The van der Waals surface area contributed by atoms with E-state index in [1.165, 1.54) is 25.5 Å². The molecule has 0 spiro atoms. The van der Waals surface area contributed by atoms with E-state index in [0.717, 1.165) is 17.0 Å². The standard InChI is InChI=1S/C21H21N5O4/c1-13-10-15(12-23-24-21(27)17-6-4-5-7-18(17)22)14(2)25(13)19-9-8-16(26(28)29)11-20(19)30-3/h4-12H,22H2,1-3H3,(H,24,27)/b23-12-. The van der Waals surface area contributed by atoms with Gasteiger partial charge in [-0.25, -0.2) is 5.43 Å². The number of nitro groups is 1. The molecule has 0 saturated heterocycles. The fourth-order valence-corrected chi connectivity index (χ4v) is 3.18. The lowest BCUT2D eigenvalue weighted by atomic mass is 10.2. The fourth-order valence-electron chi connectivity index (χ4n) is 3.18. The molecule has 0 radical (unpaired) electrons. The number of hydrogen-bond donors (Lipinski definition) is 2. The topological polar surface area (TPSA) is 125 Å². The summed E-state index contributed by atoms with van der Waals surface area (Å²) in [5.74, 6) is -0.0301. The summed E-state index contributed by atoms with van der Waals surface area (Å²) in [6, 6.07) is 13.1. The second-order valence-electron chi connectivity index (χ2n) is 6.56. The van der Waals surface area contributed by atoms with Gasteiger partial charge in [0.2, 0.25) is 0 Å². The summed E-state index contributed by atoms with van der Waals surface area (Å²) < 4.78 is 7.26. The Bertz CT molecular complexity index is 1150. The molecule has 3 aromatic rings. The minimum absolute atomic E-state index is 0.0530. The first kappa shape index (κ1) is 20.6. The van der Waals surface area contributed by atoms with Crippen LogP contribution in [0.1, 0.15) is 27.3 Å². The lowest BCUT2D eigenvalue weighted by Gasteiger charge is -2.13. The number of amides is 1. The van der Waals surface area contributed by atoms with Gasteiger partial charge in [-0.1, -0.05) is 12.1 Å². The Morgan fingerprint density at radius 3 is 2.63 bits per heavy atom. The SMILES string of the molecule is COc1cc([N+](=O)[O-])ccc1-n1c(C)cc(/C=N\NC(=O)c2ccccc2N)c1C. The van der Waals surface area contributed by atoms with E-state index < -0.39 is 10.8 Å². The van der Waals surface area contributed by atoms with Gasteiger partial charge in [-0.2, -0.15) is 5.10 Å². The minimum Gasteiger partial charge on any atom is -0.494 e. The molecule has 9 heteroatoms. The molecule has 0 bridgehead atoms. The van der Waals surface area contributed by atoms with Crippen molar-refractivity contribution < 1.29 is 14.5 Å². The van der Waals surface area contributed by atoms with Gasteiger partial charge in [0, 0.05) is 28.7 Å². The predicted molar refractivity (Wildman–Crippen MR) is 114 cm³/mol. The number of non-ortho nitro benzene ring substituents is 1. The number of carbonyl (C=O) groups is 1. The van der Waals surface area contributed by atoms with Gasteiger partial charge in [0.25, 0.3) is 11.6 Å². The molecule has 30 heavy (non-hydrogen) atoms. The Hall–Kier alpha value is -4.14. The van der Waals surface area contributed by atoms with Crippen LogP contribution in [-0.2, 0) is 0 Å². The third-order valence-electron chi connectivity index (χ3n) is 4.66. The Morgan fingerprint density at radius 2 is 1.97 bits per heavy atom. The van der Waals surface area contributed by atoms with E-state index >= 15 is 0 Å². The molecule has 3 rings (SSSR count). The zero-order chi connectivity index (χ0) is 21.8. The number of rotatable bonds is 6. The van der Waals surface area contributed by atoms with E-state index in [0.29, 0.717) is 22.7 Å². The number of aryl methyl sites for hydroxylation is 1. The van der Waals surface area contributed by atoms with Crippen LogP contribution in [0.2, 0.25) is 0 Å². The molecule has 0 saturated carbocycles. The third-order valence-corrected chi connectivity index (χ3v) is 4.66. The van der Waals surface area contributed by atoms with Crippen molar-refractivity contribution in [2.75, 3.05) is 12.8 Å². The zero-order valence-electron chi connectivity index (χ0n) is 16.7. The van der Waals surface area contributed by atoms with Crippen LogP contribution in [0.15, 0.2) is 53.6 Å². The highest BCUT2D eigenvalue weighted by atomic mass is 16.6. The first-order chi connectivity index (χ1) is 14.3. The minimum atomic E-state index is -0.470. The van der Waals surface area contributed by atoms with E-state index in [2.05, 4.69) is 10.5 Å². The molecule has 0 aliphatic heterocycles. The van der Waals surface area contributed by atoms with Crippen LogP contribution < -0.4 is 15.9 Å². The first-order valence-corrected chi connectivity index (χ1v) is 9.03. The Labute approximate surface area is 172 Å². The maximum absolute atomic E-state index is 12.2. The summed E-state index contributed by atoms with van der Waals surface area (Å²) in [7, 11) is 1.46. The summed E-state index contributed by atoms with van der Waals surface area (Å²) in [6.45, 7) is 3.78. The van der Waals surface area contributed by atoms with E-state index in [-0.39, 0.29) is 5.69 Å². The molecule has 0 unspecified atom stereocenters. The quantitative estimate of drug-likeness (QED) is 0.281. The van der Waals surface area contributed by atoms with Gasteiger partial charge in [-0.15, -0.1) is 0 Å². The van der Waals surface area contributed by atoms with Crippen molar-refractivity contribution in [2.24, 2.45) is 5.10 Å². The van der Waals surface area contributed by atoms with Crippen LogP contribution in [-0.4, -0.2) is 28.7 Å². The molecule has 1 amide bonds. The molecule has 3 N–H and O–H groups in total. The third kappa shape index (κ3) is 4.00. The highest BCUT2D eigenvalue weighted by molar-refractivity contribution is 5.99. The largest absolute Gasteiger partial charge is 0.494 e. The highest BCUT2D eigenvalue weighted by Gasteiger charge is 2.17. The smallest absolute Gasteiger partial charge is 0.273 e. The number of carbonyl (C=O) groups excluding carboxylic acids is 1. The lowest BCUT2D eigenvalue weighted by Crippen LogP contribution is -2.19. The molecule has 2 aromatic carbocycles. The summed E-state index contributed by atoms with van der Waals surface area (Å²) in [6.07, 6.45) is 1.54. The monoisotopic (exact) mass is 407 g/mol. The number of aromatic nitrogens is 1. The molecule has 0 fully saturated rings. The van der Waals surface area contributed by atoms with Crippen molar-refractivity contribution in [3.05, 3.63) is 81.2 Å². The van der Waals surface area contributed by atoms with Crippen LogP contribution in [0.25, 0.3) is 5.69 Å². The van der Waals surface area contributed by atoms with Crippen molar-refractivity contribution in [1.29, 1.82) is 0 Å². The molecule has 9 nitrogen and oxygen atoms in total. The number of nitrogens with two attached hydrogens (primary N) is 1. The van der Waals surface area contributed by atoms with Gasteiger partial charge in [0.1, 0.15) is 5.75 Å². The Morgan fingerprint density at radius 1 is 1.23 bits per heavy atom. The van der Waals surface area contributed by atoms with Crippen LogP contribution >= 0.6 is 0 Å². The number of hydrazone groups is 1. The fraction of sp³-hybridized carbons (Fsp3) is 0.143. The van der Waals surface area contributed by atoms with Crippen LogP contribution in [0.5, 0.6) is 5.75 Å². The molecule has 0 aliphatic rings. The molecular formula is C21H21N5O4. The van der Waals surface area contributed by atoms with Gasteiger partial charge in [0.05, 0.1) is 35.6 Å².